The topological polar surface area (TPSA) is 179 Å². The van der Waals surface area contributed by atoms with Gasteiger partial charge in [0.2, 0.25) is 5.91 Å². The normalized spacial score (nSPS) is 48.9. The van der Waals surface area contributed by atoms with Gasteiger partial charge in [-0.15, -0.1) is 11.8 Å². The average molecular weight is 441 g/mol. The Balaban J connectivity index is 1.77. The molecule has 11 atom stereocenters. The molecule has 3 saturated heterocycles. The minimum absolute atomic E-state index is 0.0508. The molecule has 3 rings (SSSR count). The molecule has 12 nitrogen and oxygen atoms in total. The second kappa shape index (κ2) is 9.28. The highest BCUT2D eigenvalue weighted by Gasteiger charge is 2.52. The molecule has 3 fully saturated rings. The number of aliphatic hydroxyl groups is 6. The Morgan fingerprint density at radius 3 is 2.03 bits per heavy atom. The molecular formula is C16H27NO11S. The summed E-state index contributed by atoms with van der Waals surface area (Å²) in [5.41, 5.74) is 0. The van der Waals surface area contributed by atoms with E-state index in [1.165, 1.54) is 19.1 Å². The highest BCUT2D eigenvalue weighted by molar-refractivity contribution is 8.01. The number of carbonyl (C=O) groups excluding carboxylic acids is 1. The molecule has 0 aliphatic carbocycles. The van der Waals surface area contributed by atoms with Gasteiger partial charge in [0.15, 0.2) is 12.6 Å². The second-order valence-electron chi connectivity index (χ2n) is 7.17. The molecule has 0 spiro atoms. The summed E-state index contributed by atoms with van der Waals surface area (Å²) < 4.78 is 21.0. The first-order chi connectivity index (χ1) is 13.7. The lowest BCUT2D eigenvalue weighted by molar-refractivity contribution is -0.299. The molecular weight excluding hydrogens is 414 g/mol. The molecule has 13 heteroatoms. The van der Waals surface area contributed by atoms with Gasteiger partial charge < -0.3 is 54.5 Å². The molecule has 0 aromatic heterocycles. The fourth-order valence-electron chi connectivity index (χ4n) is 3.71. The van der Waals surface area contributed by atoms with Crippen molar-refractivity contribution in [3.8, 4) is 0 Å². The first-order valence-electron chi connectivity index (χ1n) is 9.07. The highest BCUT2D eigenvalue weighted by Crippen LogP contribution is 2.36. The molecule has 0 aromatic carbocycles. The van der Waals surface area contributed by atoms with Gasteiger partial charge in [-0.3, -0.25) is 4.79 Å². The number of amides is 1. The molecule has 6 N–H and O–H groups in total. The molecule has 0 saturated carbocycles. The minimum atomic E-state index is -1.55. The molecule has 3 aliphatic rings. The zero-order chi connectivity index (χ0) is 21.5. The Bertz CT molecular complexity index is 581. The van der Waals surface area contributed by atoms with Crippen LogP contribution in [0.5, 0.6) is 0 Å². The second-order valence-corrected chi connectivity index (χ2v) is 8.28. The number of methoxy groups -OCH3 is 2. The van der Waals surface area contributed by atoms with Crippen LogP contribution >= 0.6 is 11.8 Å². The predicted molar refractivity (Wildman–Crippen MR) is 95.3 cm³/mol. The Morgan fingerprint density at radius 1 is 0.897 bits per heavy atom. The average Bonchev–Trinajstić information content (AvgIpc) is 3.07. The third-order valence-corrected chi connectivity index (χ3v) is 6.68. The summed E-state index contributed by atoms with van der Waals surface area (Å²) in [6.07, 6.45) is -13.6. The van der Waals surface area contributed by atoms with Crippen LogP contribution in [-0.4, -0.2) is 135 Å². The molecule has 1 amide bonds. The van der Waals surface area contributed by atoms with Crippen molar-refractivity contribution in [2.24, 2.45) is 0 Å². The van der Waals surface area contributed by atoms with Gasteiger partial charge in [-0.1, -0.05) is 0 Å². The molecule has 3 aliphatic heterocycles. The fraction of sp³-hybridized carbons (Fsp3) is 0.938. The van der Waals surface area contributed by atoms with E-state index in [2.05, 4.69) is 0 Å². The number of aliphatic hydroxyl groups excluding tert-OH is 6. The molecule has 0 radical (unpaired) electrons. The third-order valence-electron chi connectivity index (χ3n) is 5.40. The number of ether oxygens (including phenoxy) is 4. The number of thioether (sulfide) groups is 1. The lowest BCUT2D eigenvalue weighted by Crippen LogP contribution is -2.64. The van der Waals surface area contributed by atoms with Crippen LogP contribution in [0.4, 0.5) is 0 Å². The van der Waals surface area contributed by atoms with Gasteiger partial charge in [-0.2, -0.15) is 0 Å². The molecule has 0 bridgehead atoms. The summed E-state index contributed by atoms with van der Waals surface area (Å²) in [4.78, 5) is 13.7. The Hall–Kier alpha value is -0.580. The summed E-state index contributed by atoms with van der Waals surface area (Å²) in [7, 11) is 2.53. The van der Waals surface area contributed by atoms with Crippen molar-refractivity contribution >= 4 is 17.7 Å². The van der Waals surface area contributed by atoms with E-state index < -0.39 is 66.8 Å². The van der Waals surface area contributed by atoms with Gasteiger partial charge in [-0.25, -0.2) is 0 Å². The van der Waals surface area contributed by atoms with Crippen LogP contribution in [0.3, 0.4) is 0 Å². The van der Waals surface area contributed by atoms with E-state index in [1.807, 2.05) is 0 Å². The van der Waals surface area contributed by atoms with Crippen molar-refractivity contribution in [1.82, 2.24) is 4.90 Å². The maximum Gasteiger partial charge on any atom is 0.233 e. The summed E-state index contributed by atoms with van der Waals surface area (Å²) >= 11 is 1.15. The van der Waals surface area contributed by atoms with E-state index in [4.69, 9.17) is 18.9 Å². The van der Waals surface area contributed by atoms with Crippen molar-refractivity contribution in [3.05, 3.63) is 0 Å². The van der Waals surface area contributed by atoms with Crippen LogP contribution in [0, 0.1) is 0 Å². The van der Waals surface area contributed by atoms with Crippen LogP contribution in [0.1, 0.15) is 0 Å². The maximum atomic E-state index is 12.5. The van der Waals surface area contributed by atoms with Crippen LogP contribution in [0.2, 0.25) is 0 Å². The van der Waals surface area contributed by atoms with Gasteiger partial charge in [0.1, 0.15) is 54.2 Å². The Morgan fingerprint density at radius 2 is 1.45 bits per heavy atom. The Kier molecular flexibility index (Phi) is 7.39. The fourth-order valence-corrected chi connectivity index (χ4v) is 4.99. The molecule has 0 aromatic rings. The van der Waals surface area contributed by atoms with Crippen molar-refractivity contribution in [2.45, 2.75) is 66.8 Å². The summed E-state index contributed by atoms with van der Waals surface area (Å²) in [6.45, 7) is -0.190. The van der Waals surface area contributed by atoms with E-state index in [9.17, 15) is 35.4 Å². The molecule has 168 valence electrons. The zero-order valence-electron chi connectivity index (χ0n) is 15.8. The van der Waals surface area contributed by atoms with Crippen molar-refractivity contribution in [3.63, 3.8) is 0 Å². The number of hydrogen-bond donors (Lipinski definition) is 6. The highest BCUT2D eigenvalue weighted by atomic mass is 32.2. The first kappa shape index (κ1) is 23.1. The van der Waals surface area contributed by atoms with Gasteiger partial charge in [0.25, 0.3) is 0 Å². The quantitative estimate of drug-likeness (QED) is 0.243. The van der Waals surface area contributed by atoms with Gasteiger partial charge in [-0.05, 0) is 0 Å². The van der Waals surface area contributed by atoms with Crippen LogP contribution in [0.15, 0.2) is 0 Å². The lowest BCUT2D eigenvalue weighted by atomic mass is 9.96. The van der Waals surface area contributed by atoms with Gasteiger partial charge in [0.05, 0.1) is 12.3 Å². The van der Waals surface area contributed by atoms with E-state index in [-0.39, 0.29) is 18.2 Å². The monoisotopic (exact) mass is 441 g/mol. The first-order valence-corrected chi connectivity index (χ1v) is 10.1. The third kappa shape index (κ3) is 4.27. The van der Waals surface area contributed by atoms with Crippen molar-refractivity contribution < 1.29 is 54.4 Å². The SMILES string of the molecule is CO[C@H]1O[C@H](CN2C(=O)CS[C@@H]2C2O[C@H](OC)[C@H](O)[C@@H](O)[C@@H]2O)[C@@H](O)[C@H](O)[C@H]1O. The maximum absolute atomic E-state index is 12.5. The van der Waals surface area contributed by atoms with Crippen LogP contribution in [-0.2, 0) is 23.7 Å². The summed E-state index contributed by atoms with van der Waals surface area (Å²) in [5, 5.41) is 59.8. The molecule has 1 unspecified atom stereocenters. The van der Waals surface area contributed by atoms with Crippen molar-refractivity contribution in [1.29, 1.82) is 0 Å². The molecule has 29 heavy (non-hydrogen) atoms. The van der Waals surface area contributed by atoms with Crippen LogP contribution < -0.4 is 0 Å². The number of hydrogen-bond acceptors (Lipinski definition) is 12. The van der Waals surface area contributed by atoms with E-state index in [0.29, 0.717) is 0 Å². The molecule has 3 heterocycles. The number of nitrogens with zero attached hydrogens (tertiary/aromatic N) is 1. The largest absolute Gasteiger partial charge is 0.388 e. The smallest absolute Gasteiger partial charge is 0.233 e. The zero-order valence-corrected chi connectivity index (χ0v) is 16.7. The standard InChI is InChI=1S/C16H27NO11S/c1-25-15-11(23)8(20)7(19)5(27-15)3-17-6(18)4-29-14(17)13-10(22)9(21)12(24)16(26-2)28-13/h5,7-16,19-24H,3-4H2,1-2H3/t5-,7-,8+,9+,10+,11-,12-,13?,14-,15+,16+/m1/s1. The van der Waals surface area contributed by atoms with Crippen LogP contribution in [0.25, 0.3) is 0 Å². The summed E-state index contributed by atoms with van der Waals surface area (Å²) in [6, 6.07) is 0. The van der Waals surface area contributed by atoms with Gasteiger partial charge >= 0.3 is 0 Å². The van der Waals surface area contributed by atoms with E-state index in [1.54, 1.807) is 0 Å². The minimum Gasteiger partial charge on any atom is -0.388 e. The lowest BCUT2D eigenvalue weighted by Gasteiger charge is -2.45. The van der Waals surface area contributed by atoms with E-state index in [0.717, 1.165) is 11.8 Å². The Labute approximate surface area is 170 Å². The van der Waals surface area contributed by atoms with Crippen molar-refractivity contribution in [2.75, 3.05) is 26.5 Å². The van der Waals surface area contributed by atoms with Gasteiger partial charge in [0, 0.05) is 14.2 Å². The predicted octanol–water partition coefficient (Wildman–Crippen LogP) is -4.20. The summed E-state index contributed by atoms with van der Waals surface area (Å²) in [5.74, 6) is -0.286. The number of carbonyl (C=O) groups is 1. The van der Waals surface area contributed by atoms with E-state index >= 15 is 0 Å². The number of rotatable bonds is 5.